The van der Waals surface area contributed by atoms with Crippen LogP contribution in [-0.4, -0.2) is 66.6 Å². The molecule has 0 aliphatic carbocycles. The molecule has 220 valence electrons. The topological polar surface area (TPSA) is 149 Å². The molecule has 0 bridgehead atoms. The number of nitrogens with one attached hydrogen (secondary N) is 2. The average Bonchev–Trinajstić information content (AvgIpc) is 3.57. The molecule has 0 spiro atoms. The van der Waals surface area contributed by atoms with Gasteiger partial charge in [-0.25, -0.2) is 29.1 Å². The smallest absolute Gasteiger partial charge is 0.452 e. The van der Waals surface area contributed by atoms with Crippen molar-refractivity contribution < 1.29 is 32.3 Å². The zero-order valence-electron chi connectivity index (χ0n) is 21.9. The summed E-state index contributed by atoms with van der Waals surface area (Å²) in [5, 5.41) is 11.4. The minimum atomic E-state index is -4.74. The van der Waals surface area contributed by atoms with E-state index in [1.807, 2.05) is 22.6 Å². The highest BCUT2D eigenvalue weighted by atomic mass is 127. The number of carbonyl (C=O) groups is 3. The summed E-state index contributed by atoms with van der Waals surface area (Å²) in [6.45, 7) is 1.40. The highest BCUT2D eigenvalue weighted by Crippen LogP contribution is 2.27. The van der Waals surface area contributed by atoms with Crippen LogP contribution in [0.4, 0.5) is 23.7 Å². The lowest BCUT2D eigenvalue weighted by atomic mass is 10.1. The number of ether oxygens (including phenoxy) is 1. The number of amides is 3. The molecule has 4 rings (SSSR count). The van der Waals surface area contributed by atoms with E-state index in [0.29, 0.717) is 9.13 Å². The van der Waals surface area contributed by atoms with Gasteiger partial charge >= 0.3 is 12.3 Å². The van der Waals surface area contributed by atoms with Crippen molar-refractivity contribution in [3.63, 3.8) is 0 Å². The van der Waals surface area contributed by atoms with Gasteiger partial charge < -0.3 is 10.1 Å². The van der Waals surface area contributed by atoms with Crippen molar-refractivity contribution in [3.8, 4) is 5.82 Å². The van der Waals surface area contributed by atoms with E-state index in [9.17, 15) is 27.6 Å². The highest BCUT2D eigenvalue weighted by molar-refractivity contribution is 14.1. The van der Waals surface area contributed by atoms with Gasteiger partial charge in [0.25, 0.3) is 17.6 Å². The van der Waals surface area contributed by atoms with Crippen LogP contribution in [0.25, 0.3) is 5.82 Å². The summed E-state index contributed by atoms with van der Waals surface area (Å²) >= 11 is 8.31. The van der Waals surface area contributed by atoms with E-state index < -0.39 is 29.9 Å². The number of hydrogen-bond acceptors (Lipinski definition) is 8. The summed E-state index contributed by atoms with van der Waals surface area (Å²) in [7, 11) is 2.43. The van der Waals surface area contributed by atoms with Crippen molar-refractivity contribution in [1.82, 2.24) is 40.0 Å². The fourth-order valence-electron chi connectivity index (χ4n) is 3.69. The van der Waals surface area contributed by atoms with Crippen molar-refractivity contribution in [3.05, 3.63) is 79.8 Å². The van der Waals surface area contributed by atoms with Gasteiger partial charge in [-0.2, -0.15) is 18.3 Å². The first-order valence-corrected chi connectivity index (χ1v) is 13.1. The number of aromatic nitrogens is 6. The van der Waals surface area contributed by atoms with Crippen LogP contribution in [0.2, 0.25) is 5.02 Å². The zero-order valence-corrected chi connectivity index (χ0v) is 24.8. The van der Waals surface area contributed by atoms with Gasteiger partial charge in [-0.1, -0.05) is 11.6 Å². The van der Waals surface area contributed by atoms with Gasteiger partial charge in [0.1, 0.15) is 12.0 Å². The Morgan fingerprint density at radius 3 is 2.52 bits per heavy atom. The molecule has 1 aromatic carbocycles. The lowest BCUT2D eigenvalue weighted by molar-refractivity contribution is -0.145. The van der Waals surface area contributed by atoms with Crippen LogP contribution in [0.1, 0.15) is 37.9 Å². The van der Waals surface area contributed by atoms with Crippen LogP contribution in [0.15, 0.2) is 42.9 Å². The second kappa shape index (κ2) is 12.3. The van der Waals surface area contributed by atoms with Gasteiger partial charge in [0, 0.05) is 16.8 Å². The van der Waals surface area contributed by atoms with Crippen molar-refractivity contribution in [2.24, 2.45) is 0 Å². The standard InChI is InChI=1S/C24H20ClF3IN9O4/c1-12-7-13(29)8-15(20(39)34-36(2)23(41)42-3)18(12)32-21(40)17-9-14(10-37-11-31-22(35-37)24(26,27)28)33-38(17)19-16(25)5-4-6-30-19/h4-9,11H,10H2,1-3H3,(H,32,40)(H,34,39). The number of halogens is 5. The number of carbonyl (C=O) groups excluding carboxylic acids is 3. The summed E-state index contributed by atoms with van der Waals surface area (Å²) in [5.41, 5.74) is 3.09. The molecule has 3 aromatic heterocycles. The minimum absolute atomic E-state index is 0.0351. The molecule has 0 radical (unpaired) electrons. The normalized spacial score (nSPS) is 11.2. The van der Waals surface area contributed by atoms with Gasteiger partial charge in [0.2, 0.25) is 0 Å². The van der Waals surface area contributed by atoms with Crippen LogP contribution in [0.3, 0.4) is 0 Å². The summed E-state index contributed by atoms with van der Waals surface area (Å²) in [6, 6.07) is 7.63. The maximum absolute atomic E-state index is 13.7. The molecule has 3 heterocycles. The van der Waals surface area contributed by atoms with Crippen molar-refractivity contribution in [2.45, 2.75) is 19.6 Å². The van der Waals surface area contributed by atoms with Crippen molar-refractivity contribution >= 4 is 57.8 Å². The minimum Gasteiger partial charge on any atom is -0.452 e. The van der Waals surface area contributed by atoms with E-state index >= 15 is 0 Å². The fourth-order valence-corrected chi connectivity index (χ4v) is 4.67. The number of methoxy groups -OCH3 is 1. The molecule has 0 fully saturated rings. The molecule has 0 saturated heterocycles. The van der Waals surface area contributed by atoms with Gasteiger partial charge in [0.15, 0.2) is 5.82 Å². The number of hydrogen-bond donors (Lipinski definition) is 2. The molecule has 0 aliphatic rings. The summed E-state index contributed by atoms with van der Waals surface area (Å²) < 4.78 is 46.2. The maximum atomic E-state index is 13.7. The fraction of sp³-hybridized carbons (Fsp3) is 0.208. The summed E-state index contributed by atoms with van der Waals surface area (Å²) in [6.07, 6.45) is -3.26. The predicted molar refractivity (Wildman–Crippen MR) is 150 cm³/mol. The van der Waals surface area contributed by atoms with E-state index in [0.717, 1.165) is 27.8 Å². The van der Waals surface area contributed by atoms with Crippen LogP contribution in [0.5, 0.6) is 0 Å². The largest absolute Gasteiger partial charge is 0.453 e. The Balaban J connectivity index is 1.72. The average molecular weight is 718 g/mol. The molecule has 0 aliphatic heterocycles. The lowest BCUT2D eigenvalue weighted by Gasteiger charge is -2.19. The van der Waals surface area contributed by atoms with Crippen LogP contribution < -0.4 is 10.7 Å². The van der Waals surface area contributed by atoms with Gasteiger partial charge in [-0.05, 0) is 65.4 Å². The highest BCUT2D eigenvalue weighted by Gasteiger charge is 2.36. The Bertz CT molecular complexity index is 1680. The molecule has 4 aromatic rings. The third kappa shape index (κ3) is 6.78. The van der Waals surface area contributed by atoms with Crippen LogP contribution >= 0.6 is 34.2 Å². The third-order valence-electron chi connectivity index (χ3n) is 5.55. The first-order chi connectivity index (χ1) is 19.8. The first kappa shape index (κ1) is 30.7. The van der Waals surface area contributed by atoms with Crippen LogP contribution in [-0.2, 0) is 17.5 Å². The molecule has 18 heteroatoms. The zero-order chi connectivity index (χ0) is 30.8. The predicted octanol–water partition coefficient (Wildman–Crippen LogP) is 4.09. The molecule has 3 amide bonds. The summed E-state index contributed by atoms with van der Waals surface area (Å²) in [5.74, 6) is -2.72. The van der Waals surface area contributed by atoms with Crippen molar-refractivity contribution in [1.29, 1.82) is 0 Å². The molecule has 0 unspecified atom stereocenters. The number of benzene rings is 1. The number of hydrazine groups is 1. The van der Waals surface area contributed by atoms with Gasteiger partial charge in [-0.15, -0.1) is 5.10 Å². The Morgan fingerprint density at radius 1 is 1.14 bits per heavy atom. The molecule has 0 saturated carbocycles. The number of pyridine rings is 1. The van der Waals surface area contributed by atoms with Crippen LogP contribution in [0, 0.1) is 10.5 Å². The maximum Gasteiger partial charge on any atom is 0.453 e. The number of alkyl halides is 3. The number of rotatable bonds is 6. The molecular weight excluding hydrogens is 698 g/mol. The number of nitrogens with zero attached hydrogens (tertiary/aromatic N) is 7. The summed E-state index contributed by atoms with van der Waals surface area (Å²) in [4.78, 5) is 46.0. The first-order valence-electron chi connectivity index (χ1n) is 11.7. The number of aryl methyl sites for hydroxylation is 1. The molecular formula is C24H20ClF3IN9O4. The Labute approximate surface area is 254 Å². The Hall–Kier alpha value is -4.26. The van der Waals surface area contributed by atoms with Crippen molar-refractivity contribution in [2.75, 3.05) is 19.5 Å². The monoisotopic (exact) mass is 717 g/mol. The van der Waals surface area contributed by atoms with Gasteiger partial charge in [-0.3, -0.25) is 15.0 Å². The quantitative estimate of drug-likeness (QED) is 0.224. The van der Waals surface area contributed by atoms with E-state index in [1.165, 1.54) is 31.4 Å². The van der Waals surface area contributed by atoms with E-state index in [4.69, 9.17) is 11.6 Å². The molecule has 2 N–H and O–H groups in total. The van der Waals surface area contributed by atoms with E-state index in [-0.39, 0.29) is 40.0 Å². The lowest BCUT2D eigenvalue weighted by Crippen LogP contribution is -2.43. The van der Waals surface area contributed by atoms with E-state index in [1.54, 1.807) is 19.1 Å². The number of anilines is 1. The Kier molecular flexibility index (Phi) is 9.00. The second-order valence-electron chi connectivity index (χ2n) is 8.57. The second-order valence-corrected chi connectivity index (χ2v) is 10.2. The molecule has 13 nitrogen and oxygen atoms in total. The third-order valence-corrected chi connectivity index (χ3v) is 6.47. The molecule has 42 heavy (non-hydrogen) atoms. The Morgan fingerprint density at radius 2 is 1.88 bits per heavy atom. The van der Waals surface area contributed by atoms with Gasteiger partial charge in [0.05, 0.1) is 35.6 Å². The molecule has 0 atom stereocenters. The SMILES string of the molecule is COC(=O)N(C)NC(=O)c1cc(I)cc(C)c1NC(=O)c1cc(Cn2cnc(C(F)(F)F)n2)nn1-c1ncccc1Cl. The van der Waals surface area contributed by atoms with E-state index in [2.05, 4.69) is 35.6 Å².